The molecule has 4 nitrogen and oxygen atoms in total. The summed E-state index contributed by atoms with van der Waals surface area (Å²) in [6.07, 6.45) is 11.6. The highest BCUT2D eigenvalue weighted by Gasteiger charge is 2.21. The molecule has 4 rings (SSSR count). The van der Waals surface area contributed by atoms with Gasteiger partial charge in [0.05, 0.1) is 0 Å². The molecule has 0 radical (unpaired) electrons. The molecule has 0 unspecified atom stereocenters. The van der Waals surface area contributed by atoms with Gasteiger partial charge in [-0.25, -0.2) is 4.58 Å². The lowest BCUT2D eigenvalue weighted by Crippen LogP contribution is -2.24. The maximum atomic E-state index is 2.57. The van der Waals surface area contributed by atoms with Gasteiger partial charge < -0.3 is 14.7 Å². The van der Waals surface area contributed by atoms with Crippen molar-refractivity contribution in [3.63, 3.8) is 0 Å². The number of allylic oxidation sites excluding steroid dienone is 5. The first-order chi connectivity index (χ1) is 23.9. The SMILES string of the molecule is CCN(CC)c1ccc(C(=CC=CC(=C2CCC(=[N+](CC)CC)CC2)c2ccc(N(CC)CC)cc2)c2ccc(N(CC)CC)cc2)cc1. The number of nitrogens with zero attached hydrogens (tertiary/aromatic N) is 4. The Labute approximate surface area is 299 Å². The summed E-state index contributed by atoms with van der Waals surface area (Å²) in [7, 11) is 0. The summed E-state index contributed by atoms with van der Waals surface area (Å²) in [4.78, 5) is 7.23. The summed E-state index contributed by atoms with van der Waals surface area (Å²) >= 11 is 0. The third kappa shape index (κ3) is 9.56. The summed E-state index contributed by atoms with van der Waals surface area (Å²) < 4.78 is 2.57. The van der Waals surface area contributed by atoms with Gasteiger partial charge in [0.1, 0.15) is 13.1 Å². The van der Waals surface area contributed by atoms with E-state index in [0.29, 0.717) is 0 Å². The van der Waals surface area contributed by atoms with Crippen LogP contribution in [0.3, 0.4) is 0 Å². The molecule has 1 fully saturated rings. The second kappa shape index (κ2) is 19.2. The Morgan fingerprint density at radius 3 is 1.22 bits per heavy atom. The van der Waals surface area contributed by atoms with Gasteiger partial charge in [-0.15, -0.1) is 0 Å². The Morgan fingerprint density at radius 1 is 0.510 bits per heavy atom. The van der Waals surface area contributed by atoms with E-state index in [1.165, 1.54) is 44.9 Å². The average molecular weight is 660 g/mol. The predicted molar refractivity (Wildman–Crippen MR) is 218 cm³/mol. The van der Waals surface area contributed by atoms with Gasteiger partial charge in [-0.3, -0.25) is 0 Å². The fourth-order valence-corrected chi connectivity index (χ4v) is 7.44. The molecule has 0 aromatic heterocycles. The van der Waals surface area contributed by atoms with Crippen molar-refractivity contribution in [3.05, 3.63) is 113 Å². The molecule has 0 bridgehead atoms. The highest BCUT2D eigenvalue weighted by molar-refractivity contribution is 5.86. The molecule has 1 aliphatic carbocycles. The van der Waals surface area contributed by atoms with E-state index in [4.69, 9.17) is 0 Å². The van der Waals surface area contributed by atoms with E-state index in [1.807, 2.05) is 0 Å². The molecule has 0 atom stereocenters. The molecule has 0 aliphatic heterocycles. The highest BCUT2D eigenvalue weighted by Crippen LogP contribution is 2.33. The maximum absolute atomic E-state index is 2.57. The second-order valence-electron chi connectivity index (χ2n) is 12.9. The Hall–Kier alpha value is -4.05. The molecule has 0 saturated heterocycles. The standard InChI is InChI=1S/C45H63N4/c1-9-46(10-2)40-28-20-36(21-29-40)44(37-22-30-41(31-23-37)47(11-3)12-4)18-17-19-45(38-24-32-42(33-25-38)48(13-5)14-6)39-26-34-43(35-27-39)49(15-7)16-8/h17-25,28-33H,9-16,26-27,34-35H2,1-8H3/q+1. The van der Waals surface area contributed by atoms with Gasteiger partial charge in [0.25, 0.3) is 0 Å². The van der Waals surface area contributed by atoms with Gasteiger partial charge in [0, 0.05) is 69.2 Å². The molecule has 3 aromatic carbocycles. The van der Waals surface area contributed by atoms with Gasteiger partial charge in [-0.2, -0.15) is 0 Å². The van der Waals surface area contributed by atoms with E-state index in [9.17, 15) is 0 Å². The monoisotopic (exact) mass is 660 g/mol. The summed E-state index contributed by atoms with van der Waals surface area (Å²) in [5, 5.41) is 0. The topological polar surface area (TPSA) is 12.7 Å². The Morgan fingerprint density at radius 2 is 0.878 bits per heavy atom. The first-order valence-corrected chi connectivity index (χ1v) is 19.2. The van der Waals surface area contributed by atoms with Crippen LogP contribution in [-0.4, -0.2) is 62.6 Å². The summed E-state index contributed by atoms with van der Waals surface area (Å²) in [5.41, 5.74) is 13.5. The second-order valence-corrected chi connectivity index (χ2v) is 12.9. The van der Waals surface area contributed by atoms with Crippen molar-refractivity contribution in [2.45, 2.75) is 81.1 Å². The number of benzene rings is 3. The fourth-order valence-electron chi connectivity index (χ4n) is 7.44. The lowest BCUT2D eigenvalue weighted by Gasteiger charge is -2.22. The largest absolute Gasteiger partial charge is 0.372 e. The van der Waals surface area contributed by atoms with Crippen LogP contribution in [0.1, 0.15) is 97.8 Å². The zero-order valence-electron chi connectivity index (χ0n) is 31.9. The first kappa shape index (κ1) is 37.8. The molecule has 3 aromatic rings. The highest BCUT2D eigenvalue weighted by atomic mass is 15.1. The van der Waals surface area contributed by atoms with Gasteiger partial charge in [-0.05, 0) is 132 Å². The smallest absolute Gasteiger partial charge is 0.152 e. The molecule has 0 heterocycles. The van der Waals surface area contributed by atoms with Crippen molar-refractivity contribution in [1.82, 2.24) is 0 Å². The molecule has 0 spiro atoms. The minimum atomic E-state index is 1.01. The van der Waals surface area contributed by atoms with Gasteiger partial charge in [-0.1, -0.05) is 60.2 Å². The van der Waals surface area contributed by atoms with Crippen LogP contribution in [0.15, 0.2) is 96.6 Å². The molecule has 0 amide bonds. The van der Waals surface area contributed by atoms with Crippen molar-refractivity contribution >= 4 is 33.9 Å². The fraction of sp³-hybridized carbons (Fsp3) is 0.444. The van der Waals surface area contributed by atoms with Gasteiger partial charge in [0.15, 0.2) is 5.71 Å². The molecular formula is C45H63N4+. The zero-order chi connectivity index (χ0) is 35.2. The van der Waals surface area contributed by atoms with Gasteiger partial charge in [0.2, 0.25) is 0 Å². The van der Waals surface area contributed by atoms with Crippen LogP contribution in [-0.2, 0) is 0 Å². The van der Waals surface area contributed by atoms with E-state index in [2.05, 4.69) is 166 Å². The molecule has 0 N–H and O–H groups in total. The van der Waals surface area contributed by atoms with Gasteiger partial charge >= 0.3 is 0 Å². The van der Waals surface area contributed by atoms with Crippen molar-refractivity contribution in [1.29, 1.82) is 0 Å². The van der Waals surface area contributed by atoms with Crippen LogP contribution in [0.5, 0.6) is 0 Å². The number of hydrogen-bond acceptors (Lipinski definition) is 3. The molecule has 262 valence electrons. The van der Waals surface area contributed by atoms with Crippen LogP contribution >= 0.6 is 0 Å². The lowest BCUT2D eigenvalue weighted by atomic mass is 9.86. The van der Waals surface area contributed by atoms with Crippen molar-refractivity contribution in [2.75, 3.05) is 67.1 Å². The predicted octanol–water partition coefficient (Wildman–Crippen LogP) is 10.7. The Kier molecular flexibility index (Phi) is 14.8. The molecular weight excluding hydrogens is 597 g/mol. The van der Waals surface area contributed by atoms with Crippen LogP contribution < -0.4 is 14.7 Å². The van der Waals surface area contributed by atoms with E-state index < -0.39 is 0 Å². The zero-order valence-corrected chi connectivity index (χ0v) is 31.9. The third-order valence-corrected chi connectivity index (χ3v) is 10.5. The first-order valence-electron chi connectivity index (χ1n) is 19.2. The van der Waals surface area contributed by atoms with Crippen molar-refractivity contribution in [2.24, 2.45) is 0 Å². The molecule has 49 heavy (non-hydrogen) atoms. The quantitative estimate of drug-likeness (QED) is 0.112. The molecule has 1 saturated carbocycles. The lowest BCUT2D eigenvalue weighted by molar-refractivity contribution is -0.523. The van der Waals surface area contributed by atoms with E-state index in [-0.39, 0.29) is 0 Å². The third-order valence-electron chi connectivity index (χ3n) is 10.5. The summed E-state index contributed by atoms with van der Waals surface area (Å²) in [6, 6.07) is 27.6. The number of anilines is 3. The van der Waals surface area contributed by atoms with E-state index in [0.717, 1.165) is 78.0 Å². The Bertz CT molecular complexity index is 1480. The normalized spacial score (nSPS) is 13.1. The van der Waals surface area contributed by atoms with Crippen molar-refractivity contribution < 1.29 is 4.58 Å². The van der Waals surface area contributed by atoms with E-state index in [1.54, 1.807) is 11.3 Å². The van der Waals surface area contributed by atoms with Crippen LogP contribution in [0.25, 0.3) is 11.1 Å². The molecule has 1 aliphatic rings. The van der Waals surface area contributed by atoms with Crippen LogP contribution in [0, 0.1) is 0 Å². The van der Waals surface area contributed by atoms with Crippen LogP contribution in [0.4, 0.5) is 17.1 Å². The summed E-state index contributed by atoms with van der Waals surface area (Å²) in [6.45, 7) is 26.2. The number of rotatable bonds is 16. The summed E-state index contributed by atoms with van der Waals surface area (Å²) in [5.74, 6) is 0. The Balaban J connectivity index is 1.78. The minimum absolute atomic E-state index is 1.01. The number of hydrogen-bond donors (Lipinski definition) is 0. The van der Waals surface area contributed by atoms with Crippen molar-refractivity contribution in [3.8, 4) is 0 Å². The average Bonchev–Trinajstić information content (AvgIpc) is 3.15. The van der Waals surface area contributed by atoms with E-state index >= 15 is 0 Å². The van der Waals surface area contributed by atoms with Crippen LogP contribution in [0.2, 0.25) is 0 Å². The minimum Gasteiger partial charge on any atom is -0.372 e. The molecule has 4 heteroatoms. The maximum Gasteiger partial charge on any atom is 0.152 e.